The van der Waals surface area contributed by atoms with Gasteiger partial charge in [0.2, 0.25) is 5.82 Å². The third kappa shape index (κ3) is 17.0. The van der Waals surface area contributed by atoms with Gasteiger partial charge in [-0.05, 0) is 18.6 Å². The Labute approximate surface area is 278 Å². The molecule has 0 bridgehead atoms. The number of ether oxygens (including phenoxy) is 1. The van der Waals surface area contributed by atoms with E-state index in [0.29, 0.717) is 17.2 Å². The van der Waals surface area contributed by atoms with Crippen LogP contribution in [0.3, 0.4) is 0 Å². The molecule has 0 amide bonds. The van der Waals surface area contributed by atoms with Crippen LogP contribution < -0.4 is 11.2 Å². The van der Waals surface area contributed by atoms with E-state index in [1.165, 1.54) is 11.8 Å². The molecular formula is C29H46F7N2O8PS. The Morgan fingerprint density at radius 1 is 0.917 bits per heavy atom. The lowest BCUT2D eigenvalue weighted by molar-refractivity contribution is -0.240. The average molecular weight is 747 g/mol. The molecule has 1 aromatic rings. The highest BCUT2D eigenvalue weighted by atomic mass is 32.2. The molecule has 5 atom stereocenters. The minimum absolute atomic E-state index is 0.210. The first kappa shape index (κ1) is 42.7. The van der Waals surface area contributed by atoms with Gasteiger partial charge in [0.05, 0.1) is 18.9 Å². The molecule has 1 aliphatic heterocycles. The van der Waals surface area contributed by atoms with Crippen LogP contribution >= 0.6 is 19.6 Å². The highest BCUT2D eigenvalue weighted by Crippen LogP contribution is 2.50. The largest absolute Gasteiger partial charge is 0.472 e. The van der Waals surface area contributed by atoms with Gasteiger partial charge in [-0.15, -0.1) is 0 Å². The monoisotopic (exact) mass is 746 g/mol. The summed E-state index contributed by atoms with van der Waals surface area (Å²) >= 11 is 1.39. The molecule has 2 rings (SSSR count). The van der Waals surface area contributed by atoms with Gasteiger partial charge >= 0.3 is 25.9 Å². The number of aromatic amines is 1. The molecule has 1 fully saturated rings. The number of aliphatic hydroxyl groups excluding tert-OH is 1. The van der Waals surface area contributed by atoms with E-state index in [-0.39, 0.29) is 18.8 Å². The molecule has 280 valence electrons. The molecule has 3 N–H and O–H groups in total. The number of phosphoric ester groups is 1. The van der Waals surface area contributed by atoms with Crippen LogP contribution in [0, 0.1) is 5.82 Å². The number of alkyl halides is 6. The van der Waals surface area contributed by atoms with E-state index in [9.17, 15) is 54.9 Å². The molecule has 10 nitrogen and oxygen atoms in total. The van der Waals surface area contributed by atoms with Crippen molar-refractivity contribution in [2.45, 2.75) is 140 Å². The minimum Gasteiger partial charge on any atom is -0.390 e. The van der Waals surface area contributed by atoms with Crippen LogP contribution in [-0.2, 0) is 18.3 Å². The SMILES string of the molecule is O=c1[nH]c(=O)n([C@H]2C[C@H](O)[C@@H]([C@H](OP(=O)(O)OCCSCCCCCCCCCCCCCCCCC(F)(F)F)C(F)(F)F)O2)cc1F. The van der Waals surface area contributed by atoms with E-state index in [1.54, 1.807) is 4.98 Å². The Bertz CT molecular complexity index is 1230. The van der Waals surface area contributed by atoms with Gasteiger partial charge in [0.15, 0.2) is 6.10 Å². The fourth-order valence-electron chi connectivity index (χ4n) is 5.24. The van der Waals surface area contributed by atoms with Crippen LogP contribution in [-0.4, -0.2) is 68.3 Å². The summed E-state index contributed by atoms with van der Waals surface area (Å²) in [6, 6.07) is 0. The normalized spacial score (nSPS) is 20.6. The van der Waals surface area contributed by atoms with Crippen LogP contribution in [0.2, 0.25) is 0 Å². The smallest absolute Gasteiger partial charge is 0.390 e. The molecule has 0 spiro atoms. The summed E-state index contributed by atoms with van der Waals surface area (Å²) in [4.78, 5) is 34.7. The Hall–Kier alpha value is -1.43. The van der Waals surface area contributed by atoms with E-state index < -0.39 is 74.6 Å². The Kier molecular flexibility index (Phi) is 18.7. The van der Waals surface area contributed by atoms with Gasteiger partial charge in [0.1, 0.15) is 12.3 Å². The number of nitrogens with one attached hydrogen (secondary N) is 1. The fraction of sp³-hybridized carbons (Fsp3) is 0.862. The zero-order valence-corrected chi connectivity index (χ0v) is 28.3. The van der Waals surface area contributed by atoms with Gasteiger partial charge in [-0.2, -0.15) is 42.5 Å². The maximum absolute atomic E-state index is 13.8. The molecule has 0 aliphatic carbocycles. The number of thioether (sulfide) groups is 1. The van der Waals surface area contributed by atoms with Crippen molar-refractivity contribution in [1.29, 1.82) is 0 Å². The van der Waals surface area contributed by atoms with Crippen molar-refractivity contribution < 1.29 is 59.1 Å². The second-order valence-electron chi connectivity index (χ2n) is 11.8. The van der Waals surface area contributed by atoms with Gasteiger partial charge in [-0.25, -0.2) is 9.36 Å². The summed E-state index contributed by atoms with van der Waals surface area (Å²) in [6.07, 6.45) is -5.86. The van der Waals surface area contributed by atoms with Gasteiger partial charge < -0.3 is 14.7 Å². The lowest BCUT2D eigenvalue weighted by Gasteiger charge is -2.28. The van der Waals surface area contributed by atoms with Crippen LogP contribution in [0.25, 0.3) is 0 Å². The highest BCUT2D eigenvalue weighted by molar-refractivity contribution is 7.99. The minimum atomic E-state index is -5.30. The van der Waals surface area contributed by atoms with Gasteiger partial charge in [-0.1, -0.05) is 77.0 Å². The second kappa shape index (κ2) is 21.1. The van der Waals surface area contributed by atoms with E-state index in [1.807, 2.05) is 0 Å². The fourth-order valence-corrected chi connectivity index (χ4v) is 7.09. The van der Waals surface area contributed by atoms with E-state index in [4.69, 9.17) is 9.26 Å². The number of hydrogen-bond donors (Lipinski definition) is 3. The molecule has 1 aromatic heterocycles. The van der Waals surface area contributed by atoms with Crippen molar-refractivity contribution in [3.05, 3.63) is 32.9 Å². The Morgan fingerprint density at radius 2 is 1.44 bits per heavy atom. The van der Waals surface area contributed by atoms with E-state index in [2.05, 4.69) is 4.52 Å². The molecule has 0 aromatic carbocycles. The summed E-state index contributed by atoms with van der Waals surface area (Å²) in [5.41, 5.74) is -2.56. The zero-order valence-electron chi connectivity index (χ0n) is 26.6. The first-order valence-corrected chi connectivity index (χ1v) is 18.9. The summed E-state index contributed by atoms with van der Waals surface area (Å²) in [5, 5.41) is 10.2. The van der Waals surface area contributed by atoms with Crippen LogP contribution in [0.15, 0.2) is 15.8 Å². The predicted octanol–water partition coefficient (Wildman–Crippen LogP) is 7.54. The molecule has 1 saturated heterocycles. The van der Waals surface area contributed by atoms with Gasteiger partial charge in [0, 0.05) is 18.6 Å². The summed E-state index contributed by atoms with van der Waals surface area (Å²) in [6.45, 7) is -0.385. The second-order valence-corrected chi connectivity index (χ2v) is 14.4. The number of halogens is 7. The number of rotatable bonds is 24. The van der Waals surface area contributed by atoms with Crippen molar-refractivity contribution >= 4 is 19.6 Å². The zero-order chi connectivity index (χ0) is 35.8. The third-order valence-electron chi connectivity index (χ3n) is 7.72. The number of unbranched alkanes of at least 4 members (excludes halogenated alkanes) is 13. The van der Waals surface area contributed by atoms with Crippen LogP contribution in [0.5, 0.6) is 0 Å². The van der Waals surface area contributed by atoms with Gasteiger partial charge in [0.25, 0.3) is 5.56 Å². The predicted molar refractivity (Wildman–Crippen MR) is 165 cm³/mol. The van der Waals surface area contributed by atoms with Gasteiger partial charge in [-0.3, -0.25) is 23.4 Å². The first-order valence-electron chi connectivity index (χ1n) is 16.2. The molecular weight excluding hydrogens is 700 g/mol. The molecule has 1 unspecified atom stereocenters. The topological polar surface area (TPSA) is 140 Å². The van der Waals surface area contributed by atoms with Crippen molar-refractivity contribution in [3.8, 4) is 0 Å². The molecule has 48 heavy (non-hydrogen) atoms. The first-order chi connectivity index (χ1) is 22.5. The summed E-state index contributed by atoms with van der Waals surface area (Å²) in [5.74, 6) is -0.487. The molecule has 19 heteroatoms. The lowest BCUT2D eigenvalue weighted by atomic mass is 10.0. The summed E-state index contributed by atoms with van der Waals surface area (Å²) in [7, 11) is -5.27. The van der Waals surface area contributed by atoms with Crippen molar-refractivity contribution in [1.82, 2.24) is 9.55 Å². The third-order valence-corrected chi connectivity index (χ3v) is 9.76. The number of phosphoric acid groups is 1. The standard InChI is InChI=1S/C29H46F7N2O8PS/c30-21-20-38(27(41)37-26(21)40)23-19-22(39)24(45-23)25(29(34,35)36)46-47(42,43)44-16-18-48-17-14-12-10-8-6-4-2-1-3-5-7-9-11-13-15-28(31,32)33/h20,22-25,39H,1-19H2,(H,42,43)(H,37,40,41)/t22-,23+,24-,25-/m0/s1. The number of hydrogen-bond acceptors (Lipinski definition) is 8. The number of H-pyrrole nitrogens is 1. The average Bonchev–Trinajstić information content (AvgIpc) is 3.36. The van der Waals surface area contributed by atoms with Crippen LogP contribution in [0.1, 0.15) is 109 Å². The van der Waals surface area contributed by atoms with Crippen molar-refractivity contribution in [3.63, 3.8) is 0 Å². The quantitative estimate of drug-likeness (QED) is 0.0556. The highest BCUT2D eigenvalue weighted by Gasteiger charge is 2.55. The molecule has 1 aliphatic rings. The lowest BCUT2D eigenvalue weighted by Crippen LogP contribution is -2.46. The Morgan fingerprint density at radius 3 is 1.96 bits per heavy atom. The van der Waals surface area contributed by atoms with Crippen molar-refractivity contribution in [2.24, 2.45) is 0 Å². The Balaban J connectivity index is 1.55. The van der Waals surface area contributed by atoms with E-state index >= 15 is 0 Å². The molecule has 2 heterocycles. The number of aromatic nitrogens is 2. The maximum atomic E-state index is 13.8. The molecule has 0 radical (unpaired) electrons. The van der Waals surface area contributed by atoms with Crippen molar-refractivity contribution in [2.75, 3.05) is 18.1 Å². The number of aliphatic hydroxyl groups is 1. The maximum Gasteiger partial charge on any atom is 0.472 e. The van der Waals surface area contributed by atoms with Crippen LogP contribution in [0.4, 0.5) is 30.7 Å². The summed E-state index contributed by atoms with van der Waals surface area (Å²) < 4.78 is 118. The van der Waals surface area contributed by atoms with E-state index in [0.717, 1.165) is 82.8 Å². The number of nitrogens with zero attached hydrogens (tertiary/aromatic N) is 1. The molecule has 0 saturated carbocycles.